The van der Waals surface area contributed by atoms with Gasteiger partial charge in [0.2, 0.25) is 0 Å². The van der Waals surface area contributed by atoms with Gasteiger partial charge >= 0.3 is 0 Å². The summed E-state index contributed by atoms with van der Waals surface area (Å²) in [5, 5.41) is 3.01. The van der Waals surface area contributed by atoms with E-state index in [1.54, 1.807) is 0 Å². The second kappa shape index (κ2) is 4.36. The van der Waals surface area contributed by atoms with Crippen LogP contribution in [0, 0.1) is 6.92 Å². The highest BCUT2D eigenvalue weighted by Crippen LogP contribution is 2.28. The van der Waals surface area contributed by atoms with Crippen molar-refractivity contribution in [2.45, 2.75) is 45.1 Å². The first-order valence-corrected chi connectivity index (χ1v) is 6.12. The summed E-state index contributed by atoms with van der Waals surface area (Å²) in [5.74, 6) is 0. The fraction of sp³-hybridized carbons (Fsp3) is 0.750. The lowest BCUT2D eigenvalue weighted by molar-refractivity contribution is 0.293. The van der Waals surface area contributed by atoms with Crippen LogP contribution in [-0.4, -0.2) is 16.4 Å². The first kappa shape index (κ1) is 11.3. The number of nitrogens with one attached hydrogen (secondary N) is 1. The predicted octanol–water partition coefficient (Wildman–Crippen LogP) is 2.04. The predicted molar refractivity (Wildman–Crippen MR) is 66.1 cm³/mol. The van der Waals surface area contributed by atoms with Crippen LogP contribution in [0.4, 0.5) is 5.69 Å². The molecule has 0 atom stereocenters. The van der Waals surface area contributed by atoms with Crippen molar-refractivity contribution in [1.29, 1.82) is 0 Å². The van der Waals surface area contributed by atoms with Crippen LogP contribution in [0.15, 0.2) is 4.79 Å². The van der Waals surface area contributed by atoms with Crippen LogP contribution in [0.1, 0.15) is 43.8 Å². The number of anilines is 1. The Balaban J connectivity index is 2.43. The average molecular weight is 223 g/mol. The Hall–Kier alpha value is -1.19. The van der Waals surface area contributed by atoms with E-state index in [1.165, 1.54) is 19.3 Å². The smallest absolute Gasteiger partial charge is 0.290 e. The summed E-state index contributed by atoms with van der Waals surface area (Å²) >= 11 is 0. The molecule has 1 heterocycles. The lowest BCUT2D eigenvalue weighted by Gasteiger charge is -2.24. The van der Waals surface area contributed by atoms with Crippen molar-refractivity contribution >= 4 is 5.69 Å². The molecule has 2 rings (SSSR count). The zero-order chi connectivity index (χ0) is 11.7. The van der Waals surface area contributed by atoms with Crippen LogP contribution in [0.5, 0.6) is 0 Å². The van der Waals surface area contributed by atoms with Crippen molar-refractivity contribution in [1.82, 2.24) is 9.36 Å². The minimum absolute atomic E-state index is 0.134. The zero-order valence-electron chi connectivity index (χ0n) is 10.4. The molecule has 1 aromatic rings. The second-order valence-electron chi connectivity index (χ2n) is 4.68. The number of rotatable bonds is 2. The topological polar surface area (TPSA) is 39.0 Å². The Morgan fingerprint density at radius 2 is 1.88 bits per heavy atom. The van der Waals surface area contributed by atoms with Crippen molar-refractivity contribution in [3.05, 3.63) is 16.0 Å². The summed E-state index contributed by atoms with van der Waals surface area (Å²) in [4.78, 5) is 12.2. The van der Waals surface area contributed by atoms with Crippen LogP contribution in [0.2, 0.25) is 0 Å². The van der Waals surface area contributed by atoms with Gasteiger partial charge in [-0.05, 0) is 19.8 Å². The van der Waals surface area contributed by atoms with Crippen LogP contribution >= 0.6 is 0 Å². The fourth-order valence-electron chi connectivity index (χ4n) is 2.75. The summed E-state index contributed by atoms with van der Waals surface area (Å²) < 4.78 is 3.93. The molecular formula is C12H21N3O. The monoisotopic (exact) mass is 223 g/mol. The van der Waals surface area contributed by atoms with Crippen LogP contribution in [0.25, 0.3) is 0 Å². The molecule has 1 aliphatic carbocycles. The first-order chi connectivity index (χ1) is 7.66. The average Bonchev–Trinajstić information content (AvgIpc) is 2.51. The van der Waals surface area contributed by atoms with E-state index in [1.807, 2.05) is 30.4 Å². The fourth-order valence-corrected chi connectivity index (χ4v) is 2.75. The van der Waals surface area contributed by atoms with E-state index in [9.17, 15) is 4.79 Å². The molecular weight excluding hydrogens is 202 g/mol. The van der Waals surface area contributed by atoms with Gasteiger partial charge in [-0.1, -0.05) is 19.3 Å². The first-order valence-electron chi connectivity index (χ1n) is 6.12. The van der Waals surface area contributed by atoms with Gasteiger partial charge in [0.05, 0.1) is 11.7 Å². The molecule has 0 unspecified atom stereocenters. The molecule has 90 valence electrons. The Morgan fingerprint density at radius 3 is 2.38 bits per heavy atom. The molecule has 0 radical (unpaired) electrons. The third kappa shape index (κ3) is 1.66. The summed E-state index contributed by atoms with van der Waals surface area (Å²) in [5.41, 5.74) is 1.90. The zero-order valence-corrected chi connectivity index (χ0v) is 10.4. The van der Waals surface area contributed by atoms with Crippen molar-refractivity contribution in [3.8, 4) is 0 Å². The van der Waals surface area contributed by atoms with Gasteiger partial charge in [-0.2, -0.15) is 0 Å². The highest BCUT2D eigenvalue weighted by molar-refractivity contribution is 5.45. The molecule has 1 saturated carbocycles. The van der Waals surface area contributed by atoms with Gasteiger partial charge in [0.1, 0.15) is 5.69 Å². The minimum atomic E-state index is 0.134. The molecule has 1 N–H and O–H groups in total. The maximum atomic E-state index is 12.2. The van der Waals surface area contributed by atoms with Gasteiger partial charge in [0.25, 0.3) is 5.56 Å². The van der Waals surface area contributed by atoms with E-state index >= 15 is 0 Å². The molecule has 4 nitrogen and oxygen atoms in total. The molecule has 4 heteroatoms. The Labute approximate surface area is 96.2 Å². The number of hydrogen-bond acceptors (Lipinski definition) is 2. The van der Waals surface area contributed by atoms with Crippen LogP contribution in [-0.2, 0) is 7.05 Å². The van der Waals surface area contributed by atoms with E-state index in [-0.39, 0.29) is 5.56 Å². The maximum Gasteiger partial charge on any atom is 0.290 e. The summed E-state index contributed by atoms with van der Waals surface area (Å²) in [6.45, 7) is 1.99. The normalized spacial score (nSPS) is 17.7. The standard InChI is InChI=1S/C12H21N3O/c1-9-11(13-2)12(16)15(14(9)3)10-7-5-4-6-8-10/h10,13H,4-8H2,1-3H3. The van der Waals surface area contributed by atoms with Gasteiger partial charge in [0.15, 0.2) is 0 Å². The number of aromatic nitrogens is 2. The molecule has 1 aromatic heterocycles. The molecule has 1 aliphatic rings. The van der Waals surface area contributed by atoms with Gasteiger partial charge in [0, 0.05) is 14.1 Å². The molecule has 0 aliphatic heterocycles. The highest BCUT2D eigenvalue weighted by Gasteiger charge is 2.22. The van der Waals surface area contributed by atoms with Crippen molar-refractivity contribution in [2.75, 3.05) is 12.4 Å². The molecule has 0 amide bonds. The summed E-state index contributed by atoms with van der Waals surface area (Å²) in [6.07, 6.45) is 6.08. The van der Waals surface area contributed by atoms with E-state index in [2.05, 4.69) is 5.32 Å². The van der Waals surface area contributed by atoms with Gasteiger partial charge in [-0.15, -0.1) is 0 Å². The lowest BCUT2D eigenvalue weighted by atomic mass is 9.96. The van der Waals surface area contributed by atoms with E-state index in [0.717, 1.165) is 24.2 Å². The SMILES string of the molecule is CNc1c(C)n(C)n(C2CCCCC2)c1=O. The second-order valence-corrected chi connectivity index (χ2v) is 4.68. The highest BCUT2D eigenvalue weighted by atomic mass is 16.1. The molecule has 0 saturated heterocycles. The quantitative estimate of drug-likeness (QED) is 0.833. The van der Waals surface area contributed by atoms with Crippen LogP contribution in [0.3, 0.4) is 0 Å². The molecule has 1 fully saturated rings. The Bertz CT molecular complexity index is 424. The van der Waals surface area contributed by atoms with Crippen LogP contribution < -0.4 is 10.9 Å². The van der Waals surface area contributed by atoms with E-state index in [4.69, 9.17) is 0 Å². The van der Waals surface area contributed by atoms with Gasteiger partial charge in [-0.25, -0.2) is 4.68 Å². The third-order valence-corrected chi connectivity index (χ3v) is 3.76. The molecule has 0 aromatic carbocycles. The van der Waals surface area contributed by atoms with Crippen molar-refractivity contribution in [3.63, 3.8) is 0 Å². The lowest BCUT2D eigenvalue weighted by Crippen LogP contribution is -2.28. The summed E-state index contributed by atoms with van der Waals surface area (Å²) in [7, 11) is 3.79. The Kier molecular flexibility index (Phi) is 3.08. The molecule has 0 spiro atoms. The van der Waals surface area contributed by atoms with E-state index < -0.39 is 0 Å². The van der Waals surface area contributed by atoms with E-state index in [0.29, 0.717) is 6.04 Å². The Morgan fingerprint density at radius 1 is 1.25 bits per heavy atom. The van der Waals surface area contributed by atoms with Gasteiger partial charge in [-0.3, -0.25) is 9.48 Å². The number of hydrogen-bond donors (Lipinski definition) is 1. The largest absolute Gasteiger partial charge is 0.382 e. The van der Waals surface area contributed by atoms with Gasteiger partial charge < -0.3 is 5.32 Å². The van der Waals surface area contributed by atoms with Crippen molar-refractivity contribution in [2.24, 2.45) is 7.05 Å². The number of nitrogens with zero attached hydrogens (tertiary/aromatic N) is 2. The molecule has 16 heavy (non-hydrogen) atoms. The van der Waals surface area contributed by atoms with Crippen molar-refractivity contribution < 1.29 is 0 Å². The maximum absolute atomic E-state index is 12.2. The summed E-state index contributed by atoms with van der Waals surface area (Å²) in [6, 6.07) is 0.395. The third-order valence-electron chi connectivity index (χ3n) is 3.76. The minimum Gasteiger partial charge on any atom is -0.382 e. The molecule has 0 bridgehead atoms.